The van der Waals surface area contributed by atoms with Gasteiger partial charge in [0.2, 0.25) is 0 Å². The van der Waals surface area contributed by atoms with Crippen molar-refractivity contribution in [2.24, 2.45) is 0 Å². The Morgan fingerprint density at radius 3 is 2.11 bits per heavy atom. The fourth-order valence-electron chi connectivity index (χ4n) is 3.38. The normalized spacial score (nSPS) is 11.7. The highest BCUT2D eigenvalue weighted by molar-refractivity contribution is 7.81. The molecule has 1 unspecified atom stereocenters. The third-order valence-electron chi connectivity index (χ3n) is 5.01. The van der Waals surface area contributed by atoms with E-state index < -0.39 is 23.0 Å². The summed E-state index contributed by atoms with van der Waals surface area (Å²) in [5.74, 6) is -1.34. The molecule has 0 aliphatic heterocycles. The van der Waals surface area contributed by atoms with Crippen LogP contribution in [0.2, 0.25) is 10.0 Å². The highest BCUT2D eigenvalue weighted by Crippen LogP contribution is 2.36. The smallest absolute Gasteiger partial charge is 0.255 e. The van der Waals surface area contributed by atoms with Gasteiger partial charge in [-0.3, -0.25) is 13.3 Å². The zero-order valence-electron chi connectivity index (χ0n) is 17.7. The number of amides is 1. The van der Waals surface area contributed by atoms with Gasteiger partial charge in [0.1, 0.15) is 11.6 Å². The monoisotopic (exact) mass is 529 g/mol. The standard InChI is InChI=1S/C25H17Cl2FN2O4S/c26-18-11-17(12-19(27)13-18)15-1-3-16(4-2-15)25(32)29-21-7-10-24(31)23(14-21)30(35(33)34)22-8-5-20(28)6-9-22/h1-14,31H,(H,29,32)(H,33,34)/p-1. The maximum Gasteiger partial charge on any atom is 0.255 e. The van der Waals surface area contributed by atoms with E-state index >= 15 is 0 Å². The summed E-state index contributed by atoms with van der Waals surface area (Å²) in [6.45, 7) is 0. The maximum atomic E-state index is 13.3. The molecule has 4 aromatic carbocycles. The molecule has 0 saturated carbocycles. The van der Waals surface area contributed by atoms with Gasteiger partial charge >= 0.3 is 0 Å². The molecular weight excluding hydrogens is 514 g/mol. The third-order valence-corrected chi connectivity index (χ3v) is 6.15. The number of phenolic OH excluding ortho intramolecular Hbond substituents is 1. The largest absolute Gasteiger partial charge is 0.755 e. The van der Waals surface area contributed by atoms with Crippen LogP contribution in [0.3, 0.4) is 0 Å². The van der Waals surface area contributed by atoms with E-state index in [0.29, 0.717) is 15.6 Å². The fourth-order valence-corrected chi connectivity index (χ4v) is 4.51. The van der Waals surface area contributed by atoms with Crippen molar-refractivity contribution < 1.29 is 23.1 Å². The van der Waals surface area contributed by atoms with Crippen LogP contribution in [0, 0.1) is 5.82 Å². The number of phenols is 1. The van der Waals surface area contributed by atoms with Crippen molar-refractivity contribution in [1.82, 2.24) is 0 Å². The lowest BCUT2D eigenvalue weighted by molar-refractivity contribution is 0.102. The van der Waals surface area contributed by atoms with Crippen molar-refractivity contribution in [3.05, 3.63) is 106 Å². The van der Waals surface area contributed by atoms with Gasteiger partial charge in [0.05, 0.1) is 22.6 Å². The molecule has 35 heavy (non-hydrogen) atoms. The second kappa shape index (κ2) is 10.5. The number of nitrogens with one attached hydrogen (secondary N) is 1. The molecule has 0 aliphatic carbocycles. The van der Waals surface area contributed by atoms with E-state index in [-0.39, 0.29) is 22.8 Å². The van der Waals surface area contributed by atoms with E-state index in [9.17, 15) is 23.1 Å². The van der Waals surface area contributed by atoms with Crippen LogP contribution in [0.5, 0.6) is 5.75 Å². The van der Waals surface area contributed by atoms with Gasteiger partial charge in [-0.25, -0.2) is 4.39 Å². The Morgan fingerprint density at radius 1 is 0.886 bits per heavy atom. The minimum atomic E-state index is -2.83. The minimum absolute atomic E-state index is 0.107. The Labute approximate surface area is 213 Å². The molecule has 4 rings (SSSR count). The highest BCUT2D eigenvalue weighted by atomic mass is 35.5. The summed E-state index contributed by atoms with van der Waals surface area (Å²) < 4.78 is 37.9. The lowest BCUT2D eigenvalue weighted by Gasteiger charge is -2.27. The number of hydrogen-bond donors (Lipinski definition) is 2. The summed E-state index contributed by atoms with van der Waals surface area (Å²) in [5, 5.41) is 13.9. The Balaban J connectivity index is 1.57. The van der Waals surface area contributed by atoms with E-state index in [1.54, 1.807) is 42.5 Å². The SMILES string of the molecule is O=C(Nc1ccc(O)c(N(c2ccc(F)cc2)S(=O)[O-])c1)c1ccc(-c2cc(Cl)cc(Cl)c2)cc1. The van der Waals surface area contributed by atoms with Gasteiger partial charge in [0.25, 0.3) is 5.91 Å². The summed E-state index contributed by atoms with van der Waals surface area (Å²) >= 11 is 9.28. The van der Waals surface area contributed by atoms with Crippen molar-refractivity contribution in [1.29, 1.82) is 0 Å². The Morgan fingerprint density at radius 2 is 1.51 bits per heavy atom. The Bertz CT molecular complexity index is 1400. The number of anilines is 3. The number of hydrogen-bond acceptors (Lipinski definition) is 4. The topological polar surface area (TPSA) is 92.7 Å². The van der Waals surface area contributed by atoms with Crippen LogP contribution in [-0.2, 0) is 11.3 Å². The number of aromatic hydroxyl groups is 1. The number of carbonyl (C=O) groups excluding carboxylic acids is 1. The lowest BCUT2D eigenvalue weighted by atomic mass is 10.0. The summed E-state index contributed by atoms with van der Waals surface area (Å²) in [7, 11) is 0. The fraction of sp³-hybridized carbons (Fsp3) is 0. The number of halogens is 3. The Hall–Kier alpha value is -3.43. The van der Waals surface area contributed by atoms with Crippen LogP contribution in [0.1, 0.15) is 10.4 Å². The maximum absolute atomic E-state index is 13.3. The number of carbonyl (C=O) groups is 1. The summed E-state index contributed by atoms with van der Waals surface area (Å²) in [4.78, 5) is 12.8. The molecule has 10 heteroatoms. The second-order valence-electron chi connectivity index (χ2n) is 7.38. The van der Waals surface area contributed by atoms with Crippen LogP contribution in [0.4, 0.5) is 21.5 Å². The van der Waals surface area contributed by atoms with Crippen LogP contribution < -0.4 is 9.62 Å². The lowest BCUT2D eigenvalue weighted by Crippen LogP contribution is -2.20. The quantitative estimate of drug-likeness (QED) is 0.215. The van der Waals surface area contributed by atoms with Gasteiger partial charge in [-0.1, -0.05) is 35.3 Å². The number of benzene rings is 4. The van der Waals surface area contributed by atoms with Gasteiger partial charge in [-0.2, -0.15) is 0 Å². The van der Waals surface area contributed by atoms with Crippen molar-refractivity contribution >= 4 is 57.4 Å². The van der Waals surface area contributed by atoms with Crippen molar-refractivity contribution in [3.8, 4) is 16.9 Å². The Kier molecular flexibility index (Phi) is 7.37. The van der Waals surface area contributed by atoms with E-state index in [1.807, 2.05) is 0 Å². The van der Waals surface area contributed by atoms with Crippen molar-refractivity contribution in [2.45, 2.75) is 0 Å². The molecule has 2 N–H and O–H groups in total. The van der Waals surface area contributed by atoms with Gasteiger partial charge in [-0.15, -0.1) is 0 Å². The van der Waals surface area contributed by atoms with Gasteiger partial charge in [-0.05, 0) is 83.9 Å². The third kappa shape index (κ3) is 5.80. The van der Waals surface area contributed by atoms with E-state index in [2.05, 4.69) is 5.32 Å². The molecule has 0 aromatic heterocycles. The molecule has 1 atom stereocenters. The highest BCUT2D eigenvalue weighted by Gasteiger charge is 2.17. The van der Waals surface area contributed by atoms with Gasteiger partial charge in [0, 0.05) is 21.3 Å². The first-order chi connectivity index (χ1) is 16.7. The average Bonchev–Trinajstić information content (AvgIpc) is 2.82. The molecule has 0 fully saturated rings. The molecule has 0 radical (unpaired) electrons. The van der Waals surface area contributed by atoms with Gasteiger partial charge in [0.15, 0.2) is 0 Å². The molecular formula is C25H16Cl2FN2O4S-. The first-order valence-corrected chi connectivity index (χ1v) is 11.9. The minimum Gasteiger partial charge on any atom is -0.755 e. The summed E-state index contributed by atoms with van der Waals surface area (Å²) in [6.07, 6.45) is 0. The first-order valence-electron chi connectivity index (χ1n) is 10.1. The van der Waals surface area contributed by atoms with Crippen molar-refractivity contribution in [2.75, 3.05) is 9.62 Å². The first kappa shape index (κ1) is 24.7. The predicted octanol–water partition coefficient (Wildman–Crippen LogP) is 6.69. The van der Waals surface area contributed by atoms with Crippen LogP contribution >= 0.6 is 23.2 Å². The molecule has 0 heterocycles. The van der Waals surface area contributed by atoms with Crippen LogP contribution in [0.15, 0.2) is 84.9 Å². The van der Waals surface area contributed by atoms with Gasteiger partial charge < -0.3 is 15.0 Å². The molecule has 6 nitrogen and oxygen atoms in total. The molecule has 4 aromatic rings. The molecule has 0 saturated heterocycles. The molecule has 1 amide bonds. The zero-order chi connectivity index (χ0) is 25.1. The molecule has 0 bridgehead atoms. The zero-order valence-corrected chi connectivity index (χ0v) is 20.1. The average molecular weight is 530 g/mol. The van der Waals surface area contributed by atoms with E-state index in [0.717, 1.165) is 27.6 Å². The van der Waals surface area contributed by atoms with Crippen molar-refractivity contribution in [3.63, 3.8) is 0 Å². The number of rotatable bonds is 6. The summed E-state index contributed by atoms with van der Waals surface area (Å²) in [5.41, 5.74) is 2.19. The molecule has 0 spiro atoms. The second-order valence-corrected chi connectivity index (χ2v) is 9.05. The molecule has 0 aliphatic rings. The van der Waals surface area contributed by atoms with E-state index in [1.165, 1.54) is 30.3 Å². The molecule has 178 valence electrons. The van der Waals surface area contributed by atoms with Crippen LogP contribution in [-0.4, -0.2) is 19.8 Å². The predicted molar refractivity (Wildman–Crippen MR) is 135 cm³/mol. The number of nitrogens with zero attached hydrogens (tertiary/aromatic N) is 1. The van der Waals surface area contributed by atoms with Crippen LogP contribution in [0.25, 0.3) is 11.1 Å². The summed E-state index contributed by atoms with van der Waals surface area (Å²) in [6, 6.07) is 20.6. The van der Waals surface area contributed by atoms with E-state index in [4.69, 9.17) is 23.2 Å².